The van der Waals surface area contributed by atoms with Crippen LogP contribution in [0.25, 0.3) is 0 Å². The van der Waals surface area contributed by atoms with E-state index in [-0.39, 0.29) is 5.91 Å². The second-order valence-electron chi connectivity index (χ2n) is 5.70. The zero-order valence-corrected chi connectivity index (χ0v) is 12.8. The first kappa shape index (κ1) is 16.2. The van der Waals surface area contributed by atoms with E-state index in [1.54, 1.807) is 24.3 Å². The van der Waals surface area contributed by atoms with E-state index in [2.05, 4.69) is 10.6 Å². The van der Waals surface area contributed by atoms with Gasteiger partial charge in [-0.2, -0.15) is 0 Å². The minimum absolute atomic E-state index is 0.331. The molecule has 0 heterocycles. The topological polar surface area (TPSA) is 75.3 Å². The van der Waals surface area contributed by atoms with Crippen molar-refractivity contribution in [1.82, 2.24) is 10.6 Å². The molecule has 5 heteroatoms. The molecule has 0 radical (unpaired) electrons. The molecule has 1 aromatic rings. The molecule has 1 aliphatic carbocycles. The van der Waals surface area contributed by atoms with Crippen molar-refractivity contribution in [1.29, 1.82) is 0 Å². The highest BCUT2D eigenvalue weighted by Gasteiger charge is 2.28. The Balaban J connectivity index is 1.94. The highest BCUT2D eigenvalue weighted by atomic mass is 16.2. The van der Waals surface area contributed by atoms with Gasteiger partial charge in [0.25, 0.3) is 11.8 Å². The van der Waals surface area contributed by atoms with Gasteiger partial charge in [-0.25, -0.2) is 0 Å². The zero-order valence-electron chi connectivity index (χ0n) is 12.8. The molecule has 1 fully saturated rings. The second kappa shape index (κ2) is 7.73. The van der Waals surface area contributed by atoms with Gasteiger partial charge in [0.15, 0.2) is 0 Å². The first-order valence-corrected chi connectivity index (χ1v) is 7.79. The summed E-state index contributed by atoms with van der Waals surface area (Å²) in [5.74, 6) is -0.979. The van der Waals surface area contributed by atoms with Gasteiger partial charge in [0, 0.05) is 12.1 Å². The smallest absolute Gasteiger partial charge is 0.289 e. The van der Waals surface area contributed by atoms with Crippen LogP contribution in [0.15, 0.2) is 30.3 Å². The molecule has 1 saturated carbocycles. The van der Waals surface area contributed by atoms with Gasteiger partial charge in [-0.15, -0.1) is 0 Å². The van der Waals surface area contributed by atoms with Crippen LogP contribution in [0, 0.1) is 5.92 Å². The summed E-state index contributed by atoms with van der Waals surface area (Å²) in [6.45, 7) is 2.47. The molecule has 22 heavy (non-hydrogen) atoms. The fraction of sp³-hybridized carbons (Fsp3) is 0.471. The van der Waals surface area contributed by atoms with Crippen LogP contribution in [0.2, 0.25) is 0 Å². The Kier molecular flexibility index (Phi) is 5.69. The number of hydrogen-bond acceptors (Lipinski definition) is 3. The molecular formula is C17H22N2O3. The first-order valence-electron chi connectivity index (χ1n) is 7.79. The Bertz CT molecular complexity index is 538. The molecule has 2 rings (SSSR count). The summed E-state index contributed by atoms with van der Waals surface area (Å²) >= 11 is 0. The molecule has 2 amide bonds. The number of rotatable bonds is 8. The number of hydrogen-bond donors (Lipinski definition) is 2. The number of nitrogens with one attached hydrogen (secondary N) is 2. The monoisotopic (exact) mass is 302 g/mol. The van der Waals surface area contributed by atoms with Gasteiger partial charge in [0.2, 0.25) is 5.78 Å². The van der Waals surface area contributed by atoms with Gasteiger partial charge in [-0.1, -0.05) is 31.5 Å². The van der Waals surface area contributed by atoms with Crippen LogP contribution >= 0.6 is 0 Å². The van der Waals surface area contributed by atoms with E-state index >= 15 is 0 Å². The number of ketones is 1. The van der Waals surface area contributed by atoms with E-state index in [9.17, 15) is 14.4 Å². The number of carbonyl (C=O) groups excluding carboxylic acids is 3. The van der Waals surface area contributed by atoms with Gasteiger partial charge < -0.3 is 10.6 Å². The SMILES string of the molecule is CCCC(NC(=O)c1ccccc1)C(=O)C(=O)NCC1CC1. The van der Waals surface area contributed by atoms with Crippen LogP contribution in [-0.4, -0.2) is 30.2 Å². The molecule has 1 aliphatic rings. The van der Waals surface area contributed by atoms with Crippen molar-refractivity contribution in [2.24, 2.45) is 5.92 Å². The average Bonchev–Trinajstić information content (AvgIpc) is 3.36. The Hall–Kier alpha value is -2.17. The summed E-state index contributed by atoms with van der Waals surface area (Å²) in [7, 11) is 0. The maximum atomic E-state index is 12.2. The third-order valence-electron chi connectivity index (χ3n) is 3.71. The molecule has 0 bridgehead atoms. The third-order valence-corrected chi connectivity index (χ3v) is 3.71. The lowest BCUT2D eigenvalue weighted by atomic mass is 10.1. The van der Waals surface area contributed by atoms with Gasteiger partial charge in [0.1, 0.15) is 0 Å². The van der Waals surface area contributed by atoms with Crippen LogP contribution in [0.1, 0.15) is 43.0 Å². The maximum absolute atomic E-state index is 12.2. The van der Waals surface area contributed by atoms with Crippen LogP contribution in [-0.2, 0) is 9.59 Å². The molecule has 0 aliphatic heterocycles. The van der Waals surface area contributed by atoms with Crippen molar-refractivity contribution in [3.8, 4) is 0 Å². The van der Waals surface area contributed by atoms with Crippen LogP contribution in [0.4, 0.5) is 0 Å². The van der Waals surface area contributed by atoms with Gasteiger partial charge in [0.05, 0.1) is 6.04 Å². The summed E-state index contributed by atoms with van der Waals surface area (Å²) in [5, 5.41) is 5.33. The Morgan fingerprint density at radius 2 is 1.86 bits per heavy atom. The second-order valence-corrected chi connectivity index (χ2v) is 5.70. The number of benzene rings is 1. The normalized spacial score (nSPS) is 15.0. The Morgan fingerprint density at radius 3 is 2.45 bits per heavy atom. The van der Waals surface area contributed by atoms with Crippen molar-refractivity contribution in [2.45, 2.75) is 38.6 Å². The van der Waals surface area contributed by atoms with Gasteiger partial charge in [-0.05, 0) is 37.3 Å². The molecule has 1 aromatic carbocycles. The summed E-state index contributed by atoms with van der Waals surface area (Å²) in [6.07, 6.45) is 3.38. The van der Waals surface area contributed by atoms with Crippen molar-refractivity contribution < 1.29 is 14.4 Å². The van der Waals surface area contributed by atoms with E-state index in [0.29, 0.717) is 30.9 Å². The molecule has 1 atom stereocenters. The molecule has 2 N–H and O–H groups in total. The maximum Gasteiger partial charge on any atom is 0.289 e. The Morgan fingerprint density at radius 1 is 1.18 bits per heavy atom. The summed E-state index contributed by atoms with van der Waals surface area (Å²) in [5.41, 5.74) is 0.481. The van der Waals surface area contributed by atoms with E-state index in [1.807, 2.05) is 13.0 Å². The highest BCUT2D eigenvalue weighted by molar-refractivity contribution is 6.38. The largest absolute Gasteiger partial charge is 0.349 e. The molecule has 1 unspecified atom stereocenters. The van der Waals surface area contributed by atoms with Gasteiger partial charge >= 0.3 is 0 Å². The first-order chi connectivity index (χ1) is 10.6. The summed E-state index contributed by atoms with van der Waals surface area (Å²) < 4.78 is 0. The van der Waals surface area contributed by atoms with E-state index in [4.69, 9.17) is 0 Å². The minimum atomic E-state index is -0.767. The molecule has 0 aromatic heterocycles. The summed E-state index contributed by atoms with van der Waals surface area (Å²) in [6, 6.07) is 7.92. The fourth-order valence-corrected chi connectivity index (χ4v) is 2.19. The highest BCUT2D eigenvalue weighted by Crippen LogP contribution is 2.27. The lowest BCUT2D eigenvalue weighted by Gasteiger charge is -2.16. The minimum Gasteiger partial charge on any atom is -0.349 e. The number of carbonyl (C=O) groups is 3. The van der Waals surface area contributed by atoms with E-state index < -0.39 is 17.7 Å². The van der Waals surface area contributed by atoms with Crippen LogP contribution < -0.4 is 10.6 Å². The fourth-order valence-electron chi connectivity index (χ4n) is 2.19. The molecule has 0 saturated heterocycles. The van der Waals surface area contributed by atoms with Crippen LogP contribution in [0.5, 0.6) is 0 Å². The summed E-state index contributed by atoms with van der Waals surface area (Å²) in [4.78, 5) is 36.2. The molecule has 0 spiro atoms. The molecular weight excluding hydrogens is 280 g/mol. The van der Waals surface area contributed by atoms with Gasteiger partial charge in [-0.3, -0.25) is 14.4 Å². The van der Waals surface area contributed by atoms with Crippen molar-refractivity contribution in [3.63, 3.8) is 0 Å². The van der Waals surface area contributed by atoms with Crippen molar-refractivity contribution in [2.75, 3.05) is 6.54 Å². The zero-order chi connectivity index (χ0) is 15.9. The van der Waals surface area contributed by atoms with Crippen molar-refractivity contribution in [3.05, 3.63) is 35.9 Å². The predicted octanol–water partition coefficient (Wildman–Crippen LogP) is 1.68. The van der Waals surface area contributed by atoms with E-state index in [0.717, 1.165) is 12.8 Å². The lowest BCUT2D eigenvalue weighted by molar-refractivity contribution is -0.139. The quantitative estimate of drug-likeness (QED) is 0.717. The Labute approximate surface area is 130 Å². The number of amides is 2. The lowest BCUT2D eigenvalue weighted by Crippen LogP contribution is -2.47. The predicted molar refractivity (Wildman–Crippen MR) is 83.3 cm³/mol. The molecule has 5 nitrogen and oxygen atoms in total. The van der Waals surface area contributed by atoms with Crippen LogP contribution in [0.3, 0.4) is 0 Å². The van der Waals surface area contributed by atoms with E-state index in [1.165, 1.54) is 0 Å². The molecule has 118 valence electrons. The average molecular weight is 302 g/mol. The van der Waals surface area contributed by atoms with Crippen molar-refractivity contribution >= 4 is 17.6 Å². The third kappa shape index (κ3) is 4.69. The standard InChI is InChI=1S/C17H22N2O3/c1-2-6-14(15(20)17(22)18-11-12-9-10-12)19-16(21)13-7-4-3-5-8-13/h3-5,7-8,12,14H,2,6,9-11H2,1H3,(H,18,22)(H,19,21). The number of Topliss-reactive ketones (excluding diaryl/α,β-unsaturated/α-hetero) is 1.